The molecular weight excluding hydrogens is 447 g/mol. The van der Waals surface area contributed by atoms with Crippen molar-refractivity contribution in [2.24, 2.45) is 0 Å². The van der Waals surface area contributed by atoms with E-state index >= 15 is 0 Å². The summed E-state index contributed by atoms with van der Waals surface area (Å²) >= 11 is 0. The maximum absolute atomic E-state index is 13.1. The zero-order valence-electron chi connectivity index (χ0n) is 18.7. The van der Waals surface area contributed by atoms with Crippen molar-refractivity contribution in [3.8, 4) is 0 Å². The lowest BCUT2D eigenvalue weighted by atomic mass is 10.1. The van der Waals surface area contributed by atoms with Crippen LogP contribution < -0.4 is 16.4 Å². The second-order valence-electron chi connectivity index (χ2n) is 8.14. The Labute approximate surface area is 200 Å². The number of anilines is 4. The number of nitrogen functional groups attached to an aromatic ring is 1. The van der Waals surface area contributed by atoms with Crippen molar-refractivity contribution >= 4 is 51.7 Å². The van der Waals surface area contributed by atoms with Crippen LogP contribution in [-0.2, 0) is 0 Å². The molecule has 35 heavy (non-hydrogen) atoms. The Kier molecular flexibility index (Phi) is 5.84. The molecule has 0 radical (unpaired) electrons. The van der Waals surface area contributed by atoms with Gasteiger partial charge in [-0.2, -0.15) is 0 Å². The van der Waals surface area contributed by atoms with Crippen molar-refractivity contribution < 1.29 is 9.18 Å². The van der Waals surface area contributed by atoms with E-state index in [1.165, 1.54) is 36.8 Å². The SMILES string of the molecule is N=Cc1cc(Nc2ncnc3[nH]c(C4=CCN(C(=O)Nc5ccc(F)cc5)CC4)cc23)ccc1N. The lowest BCUT2D eigenvalue weighted by molar-refractivity contribution is 0.217. The maximum Gasteiger partial charge on any atom is 0.322 e. The third-order valence-corrected chi connectivity index (χ3v) is 5.87. The predicted molar refractivity (Wildman–Crippen MR) is 135 cm³/mol. The molecular formula is C25H23FN8O. The molecule has 10 heteroatoms. The summed E-state index contributed by atoms with van der Waals surface area (Å²) in [5, 5.41) is 14.4. The molecule has 9 nitrogen and oxygen atoms in total. The highest BCUT2D eigenvalue weighted by Crippen LogP contribution is 2.29. The van der Waals surface area contributed by atoms with Crippen LogP contribution in [0.5, 0.6) is 0 Å². The number of nitrogens with zero attached hydrogens (tertiary/aromatic N) is 3. The first-order chi connectivity index (χ1) is 17.0. The molecule has 4 aromatic rings. The number of rotatable bonds is 5. The summed E-state index contributed by atoms with van der Waals surface area (Å²) < 4.78 is 13.1. The molecule has 176 valence electrons. The van der Waals surface area contributed by atoms with E-state index in [-0.39, 0.29) is 11.8 Å². The molecule has 3 heterocycles. The summed E-state index contributed by atoms with van der Waals surface area (Å²) in [6, 6.07) is 12.8. The molecule has 2 aromatic carbocycles. The highest BCUT2D eigenvalue weighted by atomic mass is 19.1. The number of hydrogen-bond donors (Lipinski definition) is 5. The van der Waals surface area contributed by atoms with Crippen LogP contribution in [0.2, 0.25) is 0 Å². The van der Waals surface area contributed by atoms with Crippen LogP contribution >= 0.6 is 0 Å². The Morgan fingerprint density at radius 1 is 1.14 bits per heavy atom. The van der Waals surface area contributed by atoms with Gasteiger partial charge in [0.1, 0.15) is 23.6 Å². The fourth-order valence-corrected chi connectivity index (χ4v) is 3.96. The predicted octanol–water partition coefficient (Wildman–Crippen LogP) is 4.74. The van der Waals surface area contributed by atoms with Gasteiger partial charge in [-0.15, -0.1) is 0 Å². The van der Waals surface area contributed by atoms with Gasteiger partial charge in [0, 0.05) is 47.6 Å². The summed E-state index contributed by atoms with van der Waals surface area (Å²) in [6.07, 6.45) is 5.37. The van der Waals surface area contributed by atoms with Crippen molar-refractivity contribution in [1.29, 1.82) is 5.41 Å². The van der Waals surface area contributed by atoms with Crippen molar-refractivity contribution in [3.63, 3.8) is 0 Å². The molecule has 0 fully saturated rings. The van der Waals surface area contributed by atoms with Crippen LogP contribution in [0.25, 0.3) is 16.6 Å². The second-order valence-corrected chi connectivity index (χ2v) is 8.14. The van der Waals surface area contributed by atoms with Gasteiger partial charge in [-0.25, -0.2) is 19.2 Å². The molecule has 0 bridgehead atoms. The molecule has 0 saturated carbocycles. The maximum atomic E-state index is 13.1. The van der Waals surface area contributed by atoms with Gasteiger partial charge in [0.2, 0.25) is 0 Å². The third-order valence-electron chi connectivity index (χ3n) is 5.87. The van der Waals surface area contributed by atoms with Gasteiger partial charge in [-0.3, -0.25) is 0 Å². The number of aromatic nitrogens is 3. The number of amides is 2. The molecule has 0 spiro atoms. The Hall–Kier alpha value is -4.73. The van der Waals surface area contributed by atoms with E-state index in [0.717, 1.165) is 22.3 Å². The van der Waals surface area contributed by atoms with E-state index in [9.17, 15) is 9.18 Å². The summed E-state index contributed by atoms with van der Waals surface area (Å²) in [5.74, 6) is 0.287. The minimum Gasteiger partial charge on any atom is -0.398 e. The smallest absolute Gasteiger partial charge is 0.322 e. The first-order valence-corrected chi connectivity index (χ1v) is 11.0. The fraction of sp³-hybridized carbons (Fsp3) is 0.120. The summed E-state index contributed by atoms with van der Waals surface area (Å²) in [6.45, 7) is 0.995. The summed E-state index contributed by atoms with van der Waals surface area (Å²) in [7, 11) is 0. The van der Waals surface area contributed by atoms with Crippen LogP contribution in [0.1, 0.15) is 17.7 Å². The van der Waals surface area contributed by atoms with Crippen LogP contribution in [-0.4, -0.2) is 45.2 Å². The molecule has 5 rings (SSSR count). The van der Waals surface area contributed by atoms with Gasteiger partial charge in [0.15, 0.2) is 0 Å². The van der Waals surface area contributed by atoms with Gasteiger partial charge in [-0.1, -0.05) is 6.08 Å². The molecule has 1 aliphatic rings. The first-order valence-electron chi connectivity index (χ1n) is 11.0. The number of aromatic amines is 1. The van der Waals surface area contributed by atoms with Crippen LogP contribution in [0.15, 0.2) is 60.9 Å². The largest absolute Gasteiger partial charge is 0.398 e. The monoisotopic (exact) mass is 470 g/mol. The highest BCUT2D eigenvalue weighted by molar-refractivity contribution is 5.94. The Balaban J connectivity index is 1.32. The van der Waals surface area contributed by atoms with Crippen molar-refractivity contribution in [2.75, 3.05) is 29.5 Å². The minimum atomic E-state index is -0.348. The van der Waals surface area contributed by atoms with Gasteiger partial charge >= 0.3 is 6.03 Å². The number of nitrogens with one attached hydrogen (secondary N) is 4. The Bertz CT molecular complexity index is 1440. The fourth-order valence-electron chi connectivity index (χ4n) is 3.96. The topological polar surface area (TPSA) is 136 Å². The van der Waals surface area contributed by atoms with E-state index < -0.39 is 0 Å². The molecule has 0 aliphatic carbocycles. The number of carbonyl (C=O) groups is 1. The first kappa shape index (κ1) is 22.1. The number of nitrogens with two attached hydrogens (primary N) is 1. The zero-order valence-corrected chi connectivity index (χ0v) is 18.7. The quantitative estimate of drug-likeness (QED) is 0.212. The molecule has 1 aliphatic heterocycles. The molecule has 2 amide bonds. The third kappa shape index (κ3) is 4.67. The van der Waals surface area contributed by atoms with Crippen LogP contribution in [0.3, 0.4) is 0 Å². The standard InChI is InChI=1S/C25H23FN8O/c26-17-1-3-18(4-2-17)32-25(35)34-9-7-15(8-10-34)22-12-20-23(29-14-30-24(20)33-22)31-19-5-6-21(28)16(11-19)13-27/h1-7,11-14,27H,8-10,28H2,(H,32,35)(H2,29,30,31,33). The average molecular weight is 471 g/mol. The zero-order chi connectivity index (χ0) is 24.4. The number of urea groups is 1. The molecule has 0 saturated heterocycles. The summed E-state index contributed by atoms with van der Waals surface area (Å²) in [4.78, 5) is 26.3. The van der Waals surface area contributed by atoms with Gasteiger partial charge < -0.3 is 31.7 Å². The summed E-state index contributed by atoms with van der Waals surface area (Å²) in [5.41, 5.74) is 11.0. The van der Waals surface area contributed by atoms with E-state index in [1.54, 1.807) is 17.0 Å². The molecule has 2 aromatic heterocycles. The Morgan fingerprint density at radius 2 is 1.94 bits per heavy atom. The van der Waals surface area contributed by atoms with Gasteiger partial charge in [-0.05, 0) is 60.5 Å². The lowest BCUT2D eigenvalue weighted by Gasteiger charge is -2.26. The van der Waals surface area contributed by atoms with E-state index in [0.29, 0.717) is 47.9 Å². The van der Waals surface area contributed by atoms with Crippen LogP contribution in [0, 0.1) is 11.2 Å². The minimum absolute atomic E-state index is 0.228. The average Bonchev–Trinajstić information content (AvgIpc) is 3.32. The van der Waals surface area contributed by atoms with E-state index in [2.05, 4.69) is 25.6 Å². The Morgan fingerprint density at radius 3 is 2.69 bits per heavy atom. The number of hydrogen-bond acceptors (Lipinski definition) is 6. The van der Waals surface area contributed by atoms with E-state index in [1.807, 2.05) is 18.2 Å². The molecule has 0 unspecified atom stereocenters. The molecule has 6 N–H and O–H groups in total. The van der Waals surface area contributed by atoms with Crippen LogP contribution in [0.4, 0.5) is 32.1 Å². The number of halogens is 1. The number of H-pyrrole nitrogens is 1. The number of benzene rings is 2. The number of carbonyl (C=O) groups excluding carboxylic acids is 1. The van der Waals surface area contributed by atoms with Crippen molar-refractivity contribution in [1.82, 2.24) is 19.9 Å². The second kappa shape index (κ2) is 9.26. The van der Waals surface area contributed by atoms with Crippen molar-refractivity contribution in [3.05, 3.63) is 78.0 Å². The normalized spacial score (nSPS) is 13.4. The lowest BCUT2D eigenvalue weighted by Crippen LogP contribution is -2.37. The molecule has 0 atom stereocenters. The highest BCUT2D eigenvalue weighted by Gasteiger charge is 2.20. The van der Waals surface area contributed by atoms with Crippen molar-refractivity contribution in [2.45, 2.75) is 6.42 Å². The van der Waals surface area contributed by atoms with Gasteiger partial charge in [0.05, 0.1) is 5.39 Å². The van der Waals surface area contributed by atoms with Gasteiger partial charge in [0.25, 0.3) is 0 Å². The number of fused-ring (bicyclic) bond motifs is 1. The van der Waals surface area contributed by atoms with E-state index in [4.69, 9.17) is 11.1 Å².